The highest BCUT2D eigenvalue weighted by Gasteiger charge is 2.31. The average molecular weight is 253 g/mol. The van der Waals surface area contributed by atoms with E-state index in [0.29, 0.717) is 13.0 Å². The van der Waals surface area contributed by atoms with Gasteiger partial charge in [0, 0.05) is 6.54 Å². The van der Waals surface area contributed by atoms with Crippen molar-refractivity contribution in [1.29, 1.82) is 0 Å². The molecular weight excluding hydrogens is 233 g/mol. The fourth-order valence-corrected chi connectivity index (χ4v) is 1.92. The Morgan fingerprint density at radius 1 is 1.50 bits per heavy atom. The molecule has 0 aliphatic rings. The molecular formula is C14H20FNO2. The van der Waals surface area contributed by atoms with E-state index in [0.717, 1.165) is 17.5 Å². The molecule has 0 amide bonds. The van der Waals surface area contributed by atoms with Crippen LogP contribution in [-0.2, 0) is 11.3 Å². The SMILES string of the molecule is CCCC(C)(NCc1ccc(F)cc1C)C(=O)O. The highest BCUT2D eigenvalue weighted by Crippen LogP contribution is 2.16. The number of benzene rings is 1. The summed E-state index contributed by atoms with van der Waals surface area (Å²) in [5, 5.41) is 12.3. The molecule has 3 nitrogen and oxygen atoms in total. The van der Waals surface area contributed by atoms with Gasteiger partial charge in [0.15, 0.2) is 0 Å². The topological polar surface area (TPSA) is 49.3 Å². The van der Waals surface area contributed by atoms with Crippen molar-refractivity contribution >= 4 is 5.97 Å². The minimum atomic E-state index is -0.935. The quantitative estimate of drug-likeness (QED) is 0.819. The van der Waals surface area contributed by atoms with Crippen LogP contribution in [-0.4, -0.2) is 16.6 Å². The van der Waals surface area contributed by atoms with E-state index < -0.39 is 11.5 Å². The second kappa shape index (κ2) is 5.96. The Hall–Kier alpha value is -1.42. The molecule has 1 rings (SSSR count). The van der Waals surface area contributed by atoms with Gasteiger partial charge in [-0.25, -0.2) is 4.39 Å². The minimum Gasteiger partial charge on any atom is -0.480 e. The maximum atomic E-state index is 13.0. The molecule has 0 bridgehead atoms. The van der Waals surface area contributed by atoms with Crippen LogP contribution >= 0.6 is 0 Å². The molecule has 0 aromatic heterocycles. The molecule has 0 spiro atoms. The largest absolute Gasteiger partial charge is 0.480 e. The molecule has 0 aliphatic carbocycles. The van der Waals surface area contributed by atoms with Crippen molar-refractivity contribution in [2.75, 3.05) is 0 Å². The summed E-state index contributed by atoms with van der Waals surface area (Å²) in [4.78, 5) is 11.2. The van der Waals surface area contributed by atoms with Crippen LogP contribution in [0.4, 0.5) is 4.39 Å². The van der Waals surface area contributed by atoms with E-state index in [4.69, 9.17) is 0 Å². The molecule has 0 fully saturated rings. The van der Waals surface area contributed by atoms with Gasteiger partial charge in [0.1, 0.15) is 11.4 Å². The van der Waals surface area contributed by atoms with Gasteiger partial charge in [-0.15, -0.1) is 0 Å². The predicted octanol–water partition coefficient (Wildman–Crippen LogP) is 2.87. The van der Waals surface area contributed by atoms with Gasteiger partial charge in [0.2, 0.25) is 0 Å². The zero-order chi connectivity index (χ0) is 13.8. The number of aryl methyl sites for hydroxylation is 1. The Kier molecular flexibility index (Phi) is 4.84. The Labute approximate surface area is 107 Å². The van der Waals surface area contributed by atoms with E-state index in [1.54, 1.807) is 13.0 Å². The van der Waals surface area contributed by atoms with Crippen molar-refractivity contribution in [2.24, 2.45) is 0 Å². The monoisotopic (exact) mass is 253 g/mol. The molecule has 18 heavy (non-hydrogen) atoms. The first-order valence-corrected chi connectivity index (χ1v) is 6.12. The lowest BCUT2D eigenvalue weighted by Crippen LogP contribution is -2.49. The van der Waals surface area contributed by atoms with Gasteiger partial charge in [-0.2, -0.15) is 0 Å². The van der Waals surface area contributed by atoms with Gasteiger partial charge in [-0.1, -0.05) is 19.4 Å². The number of hydrogen-bond acceptors (Lipinski definition) is 2. The summed E-state index contributed by atoms with van der Waals surface area (Å²) in [7, 11) is 0. The van der Waals surface area contributed by atoms with E-state index in [1.807, 2.05) is 13.8 Å². The van der Waals surface area contributed by atoms with Crippen molar-refractivity contribution < 1.29 is 14.3 Å². The fourth-order valence-electron chi connectivity index (χ4n) is 1.92. The number of carboxylic acids is 1. The van der Waals surface area contributed by atoms with Crippen LogP contribution in [0.25, 0.3) is 0 Å². The van der Waals surface area contributed by atoms with Crippen LogP contribution in [0.15, 0.2) is 18.2 Å². The fraction of sp³-hybridized carbons (Fsp3) is 0.500. The summed E-state index contributed by atoms with van der Waals surface area (Å²) in [5.41, 5.74) is 0.807. The van der Waals surface area contributed by atoms with Crippen LogP contribution in [0.1, 0.15) is 37.8 Å². The van der Waals surface area contributed by atoms with Gasteiger partial charge in [-0.05, 0) is 43.5 Å². The first-order valence-electron chi connectivity index (χ1n) is 6.12. The summed E-state index contributed by atoms with van der Waals surface area (Å²) >= 11 is 0. The Bertz CT molecular complexity index is 434. The molecule has 100 valence electrons. The molecule has 1 atom stereocenters. The van der Waals surface area contributed by atoms with Crippen molar-refractivity contribution in [2.45, 2.75) is 45.7 Å². The molecule has 1 aromatic carbocycles. The Morgan fingerprint density at radius 2 is 2.17 bits per heavy atom. The molecule has 2 N–H and O–H groups in total. The predicted molar refractivity (Wildman–Crippen MR) is 68.9 cm³/mol. The summed E-state index contributed by atoms with van der Waals surface area (Å²) in [6.45, 7) is 5.87. The molecule has 4 heteroatoms. The van der Waals surface area contributed by atoms with E-state index in [9.17, 15) is 14.3 Å². The van der Waals surface area contributed by atoms with Crippen LogP contribution in [0.2, 0.25) is 0 Å². The second-order valence-electron chi connectivity index (χ2n) is 4.81. The van der Waals surface area contributed by atoms with Gasteiger partial charge in [0.25, 0.3) is 0 Å². The number of nitrogens with one attached hydrogen (secondary N) is 1. The standard InChI is InChI=1S/C14H20FNO2/c1-4-7-14(3,13(17)18)16-9-11-5-6-12(15)8-10(11)2/h5-6,8,16H,4,7,9H2,1-3H3,(H,17,18). The number of hydrogen-bond donors (Lipinski definition) is 2. The molecule has 0 saturated carbocycles. The zero-order valence-electron chi connectivity index (χ0n) is 11.1. The normalized spacial score (nSPS) is 14.2. The lowest BCUT2D eigenvalue weighted by molar-refractivity contribution is -0.144. The zero-order valence-corrected chi connectivity index (χ0v) is 11.1. The highest BCUT2D eigenvalue weighted by molar-refractivity contribution is 5.78. The van der Waals surface area contributed by atoms with E-state index in [-0.39, 0.29) is 5.82 Å². The first-order chi connectivity index (χ1) is 8.39. The van der Waals surface area contributed by atoms with E-state index >= 15 is 0 Å². The molecule has 1 aromatic rings. The maximum Gasteiger partial charge on any atom is 0.323 e. The van der Waals surface area contributed by atoms with Crippen LogP contribution in [0.3, 0.4) is 0 Å². The smallest absolute Gasteiger partial charge is 0.323 e. The average Bonchev–Trinajstić information content (AvgIpc) is 2.28. The Balaban J connectivity index is 2.76. The molecule has 0 radical (unpaired) electrons. The van der Waals surface area contributed by atoms with Crippen molar-refractivity contribution in [3.8, 4) is 0 Å². The third-order valence-corrected chi connectivity index (χ3v) is 3.20. The highest BCUT2D eigenvalue weighted by atomic mass is 19.1. The Morgan fingerprint density at radius 3 is 2.67 bits per heavy atom. The number of carbonyl (C=O) groups is 1. The first kappa shape index (κ1) is 14.6. The molecule has 0 aliphatic heterocycles. The van der Waals surface area contributed by atoms with E-state index in [2.05, 4.69) is 5.32 Å². The van der Waals surface area contributed by atoms with Crippen LogP contribution < -0.4 is 5.32 Å². The summed E-state index contributed by atoms with van der Waals surface area (Å²) in [6.07, 6.45) is 1.35. The van der Waals surface area contributed by atoms with Gasteiger partial charge < -0.3 is 5.11 Å². The van der Waals surface area contributed by atoms with Crippen molar-refractivity contribution in [1.82, 2.24) is 5.32 Å². The molecule has 0 saturated heterocycles. The number of rotatable bonds is 6. The van der Waals surface area contributed by atoms with Crippen molar-refractivity contribution in [3.05, 3.63) is 35.1 Å². The van der Waals surface area contributed by atoms with Gasteiger partial charge >= 0.3 is 5.97 Å². The van der Waals surface area contributed by atoms with Crippen LogP contribution in [0, 0.1) is 12.7 Å². The summed E-state index contributed by atoms with van der Waals surface area (Å²) in [6, 6.07) is 4.53. The van der Waals surface area contributed by atoms with Gasteiger partial charge in [-0.3, -0.25) is 10.1 Å². The second-order valence-corrected chi connectivity index (χ2v) is 4.81. The number of carboxylic acid groups (broad SMARTS) is 1. The third-order valence-electron chi connectivity index (χ3n) is 3.20. The van der Waals surface area contributed by atoms with Crippen molar-refractivity contribution in [3.63, 3.8) is 0 Å². The molecule has 0 heterocycles. The lowest BCUT2D eigenvalue weighted by Gasteiger charge is -2.26. The van der Waals surface area contributed by atoms with Crippen LogP contribution in [0.5, 0.6) is 0 Å². The number of aliphatic carboxylic acids is 1. The molecule has 1 unspecified atom stereocenters. The van der Waals surface area contributed by atoms with Gasteiger partial charge in [0.05, 0.1) is 0 Å². The lowest BCUT2D eigenvalue weighted by atomic mass is 9.95. The van der Waals surface area contributed by atoms with E-state index in [1.165, 1.54) is 12.1 Å². The summed E-state index contributed by atoms with van der Waals surface area (Å²) in [5.74, 6) is -1.13. The number of halogens is 1. The third kappa shape index (κ3) is 3.53. The maximum absolute atomic E-state index is 13.0. The minimum absolute atomic E-state index is 0.272. The summed E-state index contributed by atoms with van der Waals surface area (Å²) < 4.78 is 13.0.